The van der Waals surface area contributed by atoms with Gasteiger partial charge in [0.2, 0.25) is 0 Å². The van der Waals surface area contributed by atoms with Crippen molar-refractivity contribution in [2.24, 2.45) is 5.10 Å². The Hall–Kier alpha value is -4.70. The fourth-order valence-electron chi connectivity index (χ4n) is 5.72. The van der Waals surface area contributed by atoms with Gasteiger partial charge in [0, 0.05) is 51.4 Å². The van der Waals surface area contributed by atoms with Gasteiger partial charge >= 0.3 is 6.09 Å². The normalized spacial score (nSPS) is 17.7. The summed E-state index contributed by atoms with van der Waals surface area (Å²) in [5.41, 5.74) is 8.48. The zero-order chi connectivity index (χ0) is 29.4. The van der Waals surface area contributed by atoms with Crippen molar-refractivity contribution in [2.45, 2.75) is 39.1 Å². The van der Waals surface area contributed by atoms with Crippen molar-refractivity contribution in [2.75, 3.05) is 27.2 Å². The van der Waals surface area contributed by atoms with Crippen molar-refractivity contribution in [3.05, 3.63) is 88.7 Å². The van der Waals surface area contributed by atoms with Crippen LogP contribution in [0.15, 0.2) is 65.8 Å². The summed E-state index contributed by atoms with van der Waals surface area (Å²) >= 11 is 0. The summed E-state index contributed by atoms with van der Waals surface area (Å²) in [5, 5.41) is 12.7. The van der Waals surface area contributed by atoms with Gasteiger partial charge in [-0.1, -0.05) is 36.4 Å². The van der Waals surface area contributed by atoms with Crippen LogP contribution >= 0.6 is 0 Å². The maximum Gasteiger partial charge on any atom is 0.410 e. The summed E-state index contributed by atoms with van der Waals surface area (Å²) in [5.74, 6) is 0.582. The zero-order valence-electron chi connectivity index (χ0n) is 24.3. The Balaban J connectivity index is 1.32. The van der Waals surface area contributed by atoms with E-state index >= 15 is 0 Å². The number of ether oxygens (including phenoxy) is 1. The van der Waals surface area contributed by atoms with Crippen LogP contribution in [0.1, 0.15) is 52.8 Å². The molecule has 1 aromatic heterocycles. The molecule has 2 aliphatic heterocycles. The number of hydrogen-bond donors (Lipinski definition) is 3. The second-order valence-electron chi connectivity index (χ2n) is 10.6. The lowest BCUT2D eigenvalue weighted by molar-refractivity contribution is 0.0601. The van der Waals surface area contributed by atoms with Crippen molar-refractivity contribution in [1.29, 1.82) is 0 Å². The van der Waals surface area contributed by atoms with Crippen LogP contribution in [0.3, 0.4) is 0 Å². The van der Waals surface area contributed by atoms with Gasteiger partial charge in [-0.15, -0.1) is 0 Å². The minimum Gasteiger partial charge on any atom is -0.437 e. The highest BCUT2D eigenvalue weighted by Gasteiger charge is 2.43. The number of carbonyl (C=O) groups excluding carboxylic acids is 2. The molecule has 2 atom stereocenters. The van der Waals surface area contributed by atoms with Crippen molar-refractivity contribution >= 4 is 28.7 Å². The molecular weight excluding hydrogens is 530 g/mol. The summed E-state index contributed by atoms with van der Waals surface area (Å²) in [6.45, 7) is 6.65. The average molecular weight is 566 g/mol. The molecule has 42 heavy (non-hydrogen) atoms. The van der Waals surface area contributed by atoms with Crippen LogP contribution in [-0.2, 0) is 17.8 Å². The molecule has 0 fully saturated rings. The number of hydrazone groups is 1. The number of imidazole rings is 1. The molecule has 0 spiro atoms. The Kier molecular flexibility index (Phi) is 7.38. The van der Waals surface area contributed by atoms with E-state index in [-0.39, 0.29) is 12.0 Å². The van der Waals surface area contributed by atoms with Gasteiger partial charge in [0.25, 0.3) is 5.91 Å². The van der Waals surface area contributed by atoms with Gasteiger partial charge in [0.15, 0.2) is 6.10 Å². The first-order chi connectivity index (χ1) is 20.4. The van der Waals surface area contributed by atoms with Crippen molar-refractivity contribution in [3.63, 3.8) is 0 Å². The number of amides is 2. The number of nitrogens with zero attached hydrogens (tertiary/aromatic N) is 4. The number of fused-ring (bicyclic) bond motifs is 2. The predicted octanol–water partition coefficient (Wildman–Crippen LogP) is 4.43. The van der Waals surface area contributed by atoms with E-state index in [4.69, 9.17) is 14.8 Å². The Bertz CT molecular complexity index is 1620. The van der Waals surface area contributed by atoms with Crippen molar-refractivity contribution < 1.29 is 14.3 Å². The van der Waals surface area contributed by atoms with E-state index in [2.05, 4.69) is 27.8 Å². The molecule has 0 saturated heterocycles. The topological polar surface area (TPSA) is 115 Å². The van der Waals surface area contributed by atoms with Gasteiger partial charge in [-0.2, -0.15) is 5.10 Å². The Morgan fingerprint density at radius 1 is 0.976 bits per heavy atom. The smallest absolute Gasteiger partial charge is 0.410 e. The third-order valence-corrected chi connectivity index (χ3v) is 8.09. The number of hydrogen-bond acceptors (Lipinski definition) is 7. The van der Waals surface area contributed by atoms with Crippen LogP contribution in [0.25, 0.3) is 22.2 Å². The van der Waals surface area contributed by atoms with Crippen LogP contribution in [0, 0.1) is 0 Å². The number of benzene rings is 3. The Morgan fingerprint density at radius 2 is 1.60 bits per heavy atom. The van der Waals surface area contributed by atoms with Crippen LogP contribution < -0.4 is 10.6 Å². The molecule has 4 aromatic rings. The fourth-order valence-corrected chi connectivity index (χ4v) is 5.72. The molecule has 2 unspecified atom stereocenters. The highest BCUT2D eigenvalue weighted by molar-refractivity contribution is 6.06. The first kappa shape index (κ1) is 27.5. The lowest BCUT2D eigenvalue weighted by Gasteiger charge is -2.26. The molecule has 10 heteroatoms. The molecule has 0 aliphatic carbocycles. The summed E-state index contributed by atoms with van der Waals surface area (Å²) in [7, 11) is 3.50. The molecule has 3 aromatic carbocycles. The van der Waals surface area contributed by atoms with Gasteiger partial charge in [0.05, 0.1) is 11.0 Å². The molecule has 0 radical (unpaired) electrons. The van der Waals surface area contributed by atoms with E-state index in [0.29, 0.717) is 30.2 Å². The first-order valence-corrected chi connectivity index (χ1v) is 14.3. The molecule has 0 bridgehead atoms. The van der Waals surface area contributed by atoms with Gasteiger partial charge in [0.1, 0.15) is 17.6 Å². The minimum atomic E-state index is -0.671. The maximum absolute atomic E-state index is 13.2. The lowest BCUT2D eigenvalue weighted by atomic mass is 9.97. The first-order valence-electron chi connectivity index (χ1n) is 14.3. The van der Waals surface area contributed by atoms with Crippen LogP contribution in [0.5, 0.6) is 0 Å². The number of nitrogens with one attached hydrogen (secondary N) is 3. The lowest BCUT2D eigenvalue weighted by Crippen LogP contribution is -2.39. The average Bonchev–Trinajstić information content (AvgIpc) is 3.72. The number of likely N-dealkylation sites (N-methyl/N-ethyl adjacent to an activating group) is 1. The zero-order valence-corrected chi connectivity index (χ0v) is 24.3. The number of aromatic amines is 1. The van der Waals surface area contributed by atoms with Crippen molar-refractivity contribution in [1.82, 2.24) is 30.5 Å². The molecule has 6 rings (SSSR count). The number of H-pyrrole nitrogens is 1. The van der Waals surface area contributed by atoms with Gasteiger partial charge in [-0.3, -0.25) is 9.80 Å². The third kappa shape index (κ3) is 4.98. The fraction of sp³-hybridized carbons (Fsp3) is 0.312. The SMILES string of the molecule is CCN(CC)C(=O)OC1C(c2ccc(-c3ccc(C(=O)NC)cc3)cc2)=NN(C)C1c1nc2cc3c(cc2[nH]1)CNC3. The third-order valence-electron chi connectivity index (χ3n) is 8.09. The predicted molar refractivity (Wildman–Crippen MR) is 162 cm³/mol. The van der Waals surface area contributed by atoms with E-state index in [9.17, 15) is 9.59 Å². The summed E-state index contributed by atoms with van der Waals surface area (Å²) < 4.78 is 6.20. The maximum atomic E-state index is 13.2. The molecule has 10 nitrogen and oxygen atoms in total. The summed E-state index contributed by atoms with van der Waals surface area (Å²) in [6, 6.07) is 19.3. The largest absolute Gasteiger partial charge is 0.437 e. The molecule has 0 saturated carbocycles. The molecule has 2 amide bonds. The minimum absolute atomic E-state index is 0.120. The van der Waals surface area contributed by atoms with E-state index < -0.39 is 12.1 Å². The van der Waals surface area contributed by atoms with Crippen LogP contribution in [-0.4, -0.2) is 70.9 Å². The molecule has 3 N–H and O–H groups in total. The summed E-state index contributed by atoms with van der Waals surface area (Å²) in [4.78, 5) is 35.2. The molecular formula is C32H35N7O3. The Morgan fingerprint density at radius 3 is 2.24 bits per heavy atom. The van der Waals surface area contributed by atoms with Gasteiger partial charge in [-0.25, -0.2) is 9.78 Å². The number of rotatable bonds is 7. The van der Waals surface area contributed by atoms with E-state index in [1.54, 1.807) is 11.9 Å². The number of aromatic nitrogens is 2. The second-order valence-corrected chi connectivity index (χ2v) is 10.6. The highest BCUT2D eigenvalue weighted by Crippen LogP contribution is 2.35. The van der Waals surface area contributed by atoms with Gasteiger partial charge in [-0.05, 0) is 60.4 Å². The van der Waals surface area contributed by atoms with Gasteiger partial charge < -0.3 is 25.3 Å². The molecule has 216 valence electrons. The quantitative estimate of drug-likeness (QED) is 0.306. The van der Waals surface area contributed by atoms with Crippen molar-refractivity contribution in [3.8, 4) is 11.1 Å². The Labute approximate surface area is 244 Å². The second kappa shape index (κ2) is 11.3. The van der Waals surface area contributed by atoms with Crippen LogP contribution in [0.2, 0.25) is 0 Å². The number of carbonyl (C=O) groups is 2. The highest BCUT2D eigenvalue weighted by atomic mass is 16.6. The standard InChI is InChI=1S/C32H35N7O3/c1-5-39(6-2)32(41)42-29-27(21-11-7-19(8-12-21)20-9-13-22(14-10-20)31(40)33-3)37-38(4)28(29)30-35-25-15-23-17-34-18-24(23)16-26(25)36-30/h7-16,28-29,34H,5-6,17-18H2,1-4H3,(H,33,40)(H,35,36). The molecule has 2 aliphatic rings. The monoisotopic (exact) mass is 565 g/mol. The van der Waals surface area contributed by atoms with E-state index in [0.717, 1.165) is 40.8 Å². The van der Waals surface area contributed by atoms with E-state index in [1.807, 2.05) is 74.4 Å². The molecule has 3 heterocycles. The van der Waals surface area contributed by atoms with Crippen LogP contribution in [0.4, 0.5) is 4.79 Å². The summed E-state index contributed by atoms with van der Waals surface area (Å²) in [6.07, 6.45) is -1.05. The van der Waals surface area contributed by atoms with E-state index in [1.165, 1.54) is 11.1 Å².